The summed E-state index contributed by atoms with van der Waals surface area (Å²) in [7, 11) is 0. The average Bonchev–Trinajstić information content (AvgIpc) is 2.32. The lowest BCUT2D eigenvalue weighted by atomic mass is 10.2. The molecule has 0 spiro atoms. The van der Waals surface area contributed by atoms with Gasteiger partial charge < -0.3 is 11.1 Å². The Morgan fingerprint density at radius 3 is 2.47 bits per heavy atom. The normalized spacial score (nSPS) is 10.3. The van der Waals surface area contributed by atoms with Gasteiger partial charge in [-0.15, -0.1) is 0 Å². The van der Waals surface area contributed by atoms with Crippen LogP contribution in [0.5, 0.6) is 0 Å². The minimum absolute atomic E-state index is 0.313. The fraction of sp³-hybridized carbons (Fsp3) is 0. The van der Waals surface area contributed by atoms with Gasteiger partial charge in [-0.1, -0.05) is 28.1 Å². The first-order valence-electron chi connectivity index (χ1n) is 5.29. The van der Waals surface area contributed by atoms with Gasteiger partial charge in [0.05, 0.1) is 5.69 Å². The quantitative estimate of drug-likeness (QED) is 0.727. The van der Waals surface area contributed by atoms with E-state index in [1.165, 1.54) is 6.07 Å². The molecule has 6 heteroatoms. The second-order valence-electron chi connectivity index (χ2n) is 3.81. The molecule has 0 unspecified atom stereocenters. The molecule has 0 aliphatic rings. The van der Waals surface area contributed by atoms with Crippen molar-refractivity contribution in [1.29, 1.82) is 0 Å². The van der Waals surface area contributed by atoms with E-state index in [2.05, 4.69) is 37.2 Å². The minimum Gasteiger partial charge on any atom is -0.389 e. The van der Waals surface area contributed by atoms with Gasteiger partial charge in [-0.3, -0.25) is 0 Å². The zero-order valence-electron chi connectivity index (χ0n) is 9.58. The summed E-state index contributed by atoms with van der Waals surface area (Å²) in [6.07, 6.45) is 0. The van der Waals surface area contributed by atoms with Gasteiger partial charge in [0.25, 0.3) is 0 Å². The molecular weight excluding hydrogens is 395 g/mol. The van der Waals surface area contributed by atoms with Crippen LogP contribution >= 0.6 is 44.1 Å². The molecule has 0 saturated heterocycles. The van der Waals surface area contributed by atoms with Crippen LogP contribution in [0.2, 0.25) is 0 Å². The number of hydrogen-bond acceptors (Lipinski definition) is 2. The van der Waals surface area contributed by atoms with E-state index in [9.17, 15) is 4.39 Å². The molecule has 2 aromatic rings. The number of rotatable bonds is 3. The van der Waals surface area contributed by atoms with Crippen molar-refractivity contribution in [3.8, 4) is 0 Å². The summed E-state index contributed by atoms with van der Waals surface area (Å²) >= 11 is 11.5. The third-order valence-corrected chi connectivity index (χ3v) is 3.81. The van der Waals surface area contributed by atoms with Gasteiger partial charge >= 0.3 is 0 Å². The van der Waals surface area contributed by atoms with E-state index < -0.39 is 0 Å². The molecule has 0 aliphatic heterocycles. The zero-order chi connectivity index (χ0) is 14.0. The molecule has 0 fully saturated rings. The SMILES string of the molecule is NC(=S)c1ccc(Nc2ccc(Br)cc2F)cc1Br. The first-order valence-corrected chi connectivity index (χ1v) is 7.28. The average molecular weight is 404 g/mol. The maximum Gasteiger partial charge on any atom is 0.147 e. The van der Waals surface area contributed by atoms with Crippen LogP contribution in [0.25, 0.3) is 0 Å². The van der Waals surface area contributed by atoms with Crippen LogP contribution in [0.15, 0.2) is 45.3 Å². The maximum absolute atomic E-state index is 13.7. The Bertz CT molecular complexity index is 647. The lowest BCUT2D eigenvalue weighted by Crippen LogP contribution is -2.10. The predicted molar refractivity (Wildman–Crippen MR) is 87.4 cm³/mol. The highest BCUT2D eigenvalue weighted by Gasteiger charge is 2.06. The Morgan fingerprint density at radius 1 is 1.16 bits per heavy atom. The lowest BCUT2D eigenvalue weighted by molar-refractivity contribution is 0.631. The van der Waals surface area contributed by atoms with Gasteiger partial charge in [0.2, 0.25) is 0 Å². The summed E-state index contributed by atoms with van der Waals surface area (Å²) < 4.78 is 15.2. The fourth-order valence-corrected chi connectivity index (χ4v) is 2.77. The first-order chi connectivity index (χ1) is 8.97. The molecule has 0 saturated carbocycles. The number of benzene rings is 2. The Kier molecular flexibility index (Phi) is 4.54. The standard InChI is InChI=1S/C13H9Br2FN2S/c14-7-1-4-12(11(16)5-7)18-8-2-3-9(13(17)19)10(15)6-8/h1-6,18H,(H2,17,19). The highest BCUT2D eigenvalue weighted by atomic mass is 79.9. The number of halogens is 3. The van der Waals surface area contributed by atoms with Crippen LogP contribution in [-0.4, -0.2) is 4.99 Å². The molecule has 2 rings (SSSR count). The molecule has 0 heterocycles. The van der Waals surface area contributed by atoms with Crippen molar-refractivity contribution in [1.82, 2.24) is 0 Å². The van der Waals surface area contributed by atoms with Crippen LogP contribution in [0, 0.1) is 5.82 Å². The van der Waals surface area contributed by atoms with Gasteiger partial charge in [0.15, 0.2) is 0 Å². The molecule has 19 heavy (non-hydrogen) atoms. The van der Waals surface area contributed by atoms with Crippen LogP contribution in [0.3, 0.4) is 0 Å². The number of hydrogen-bond donors (Lipinski definition) is 2. The van der Waals surface area contributed by atoms with Crippen LogP contribution < -0.4 is 11.1 Å². The third kappa shape index (κ3) is 3.52. The Hall–Kier alpha value is -0.980. The number of nitrogens with one attached hydrogen (secondary N) is 1. The van der Waals surface area contributed by atoms with E-state index in [4.69, 9.17) is 18.0 Å². The number of nitrogens with two attached hydrogens (primary N) is 1. The Balaban J connectivity index is 2.29. The van der Waals surface area contributed by atoms with Crippen molar-refractivity contribution in [2.75, 3.05) is 5.32 Å². The zero-order valence-corrected chi connectivity index (χ0v) is 13.6. The molecule has 0 aliphatic carbocycles. The predicted octanol–water partition coefficient (Wildman–Crippen LogP) is 4.73. The van der Waals surface area contributed by atoms with Crippen molar-refractivity contribution in [3.63, 3.8) is 0 Å². The monoisotopic (exact) mass is 402 g/mol. The van der Waals surface area contributed by atoms with Crippen molar-refractivity contribution in [2.45, 2.75) is 0 Å². The Labute approximate surface area is 132 Å². The van der Waals surface area contributed by atoms with E-state index in [0.717, 1.165) is 15.7 Å². The van der Waals surface area contributed by atoms with Crippen LogP contribution in [-0.2, 0) is 0 Å². The smallest absolute Gasteiger partial charge is 0.147 e. The molecular formula is C13H9Br2FN2S. The summed E-state index contributed by atoms with van der Waals surface area (Å²) in [5, 5.41) is 3.00. The summed E-state index contributed by atoms with van der Waals surface area (Å²) in [6.45, 7) is 0. The molecule has 0 aromatic heterocycles. The summed E-state index contributed by atoms with van der Waals surface area (Å²) in [5.74, 6) is -0.330. The summed E-state index contributed by atoms with van der Waals surface area (Å²) in [4.78, 5) is 0.313. The van der Waals surface area contributed by atoms with Gasteiger partial charge in [-0.2, -0.15) is 0 Å². The van der Waals surface area contributed by atoms with Gasteiger partial charge in [-0.05, 0) is 52.3 Å². The second-order valence-corrected chi connectivity index (χ2v) is 6.02. The van der Waals surface area contributed by atoms with E-state index in [1.807, 2.05) is 0 Å². The first kappa shape index (κ1) is 14.4. The van der Waals surface area contributed by atoms with Crippen molar-refractivity contribution >= 4 is 60.4 Å². The largest absolute Gasteiger partial charge is 0.389 e. The van der Waals surface area contributed by atoms with Gasteiger partial charge in [0.1, 0.15) is 10.8 Å². The van der Waals surface area contributed by atoms with E-state index in [1.54, 1.807) is 30.3 Å². The Morgan fingerprint density at radius 2 is 1.89 bits per heavy atom. The number of thiocarbonyl (C=S) groups is 1. The van der Waals surface area contributed by atoms with E-state index >= 15 is 0 Å². The molecule has 0 bridgehead atoms. The van der Waals surface area contributed by atoms with Crippen molar-refractivity contribution in [3.05, 3.63) is 56.7 Å². The van der Waals surface area contributed by atoms with Gasteiger partial charge in [0, 0.05) is 20.2 Å². The molecule has 3 N–H and O–H groups in total. The van der Waals surface area contributed by atoms with Crippen LogP contribution in [0.4, 0.5) is 15.8 Å². The number of anilines is 2. The summed E-state index contributed by atoms with van der Waals surface area (Å²) in [5.41, 5.74) is 7.47. The lowest BCUT2D eigenvalue weighted by Gasteiger charge is -2.10. The maximum atomic E-state index is 13.7. The molecule has 0 atom stereocenters. The molecule has 0 amide bonds. The summed E-state index contributed by atoms with van der Waals surface area (Å²) in [6, 6.07) is 10.2. The topological polar surface area (TPSA) is 38.0 Å². The fourth-order valence-electron chi connectivity index (χ4n) is 1.54. The van der Waals surface area contributed by atoms with Crippen molar-refractivity contribution in [2.24, 2.45) is 5.73 Å². The second kappa shape index (κ2) is 5.98. The highest BCUT2D eigenvalue weighted by Crippen LogP contribution is 2.26. The van der Waals surface area contributed by atoms with Crippen LogP contribution in [0.1, 0.15) is 5.56 Å². The molecule has 98 valence electrons. The van der Waals surface area contributed by atoms with Crippen molar-refractivity contribution < 1.29 is 4.39 Å². The van der Waals surface area contributed by atoms with E-state index in [-0.39, 0.29) is 5.82 Å². The third-order valence-electron chi connectivity index (χ3n) is 2.44. The molecule has 2 aromatic carbocycles. The highest BCUT2D eigenvalue weighted by molar-refractivity contribution is 9.10. The minimum atomic E-state index is -0.330. The molecule has 2 nitrogen and oxygen atoms in total. The molecule has 0 radical (unpaired) electrons. The van der Waals surface area contributed by atoms with Gasteiger partial charge in [-0.25, -0.2) is 4.39 Å². The van der Waals surface area contributed by atoms with E-state index in [0.29, 0.717) is 15.1 Å².